The summed E-state index contributed by atoms with van der Waals surface area (Å²) >= 11 is 0. The molecule has 2 aromatic carbocycles. The minimum atomic E-state index is -0.370. The average molecular weight is 532 g/mol. The van der Waals surface area contributed by atoms with Crippen molar-refractivity contribution in [2.24, 2.45) is 0 Å². The molecule has 11 nitrogen and oxygen atoms in total. The van der Waals surface area contributed by atoms with Gasteiger partial charge in [0.1, 0.15) is 11.6 Å². The molecule has 3 N–H and O–H groups in total. The van der Waals surface area contributed by atoms with Crippen LogP contribution in [0.3, 0.4) is 0 Å². The van der Waals surface area contributed by atoms with Gasteiger partial charge < -0.3 is 29.9 Å². The van der Waals surface area contributed by atoms with Gasteiger partial charge in [-0.25, -0.2) is 4.79 Å². The van der Waals surface area contributed by atoms with Crippen LogP contribution in [0.2, 0.25) is 0 Å². The van der Waals surface area contributed by atoms with E-state index in [4.69, 9.17) is 19.4 Å². The second-order valence-electron chi connectivity index (χ2n) is 9.62. The number of morpholine rings is 2. The van der Waals surface area contributed by atoms with Crippen LogP contribution in [0.15, 0.2) is 60.7 Å². The molecule has 2 saturated heterocycles. The Bertz CT molecular complexity index is 1250. The van der Waals surface area contributed by atoms with E-state index in [2.05, 4.69) is 39.6 Å². The third-order valence-electron chi connectivity index (χ3n) is 6.68. The van der Waals surface area contributed by atoms with E-state index >= 15 is 0 Å². The number of aromatic nitrogens is 2. The lowest BCUT2D eigenvalue weighted by Crippen LogP contribution is -2.46. The van der Waals surface area contributed by atoms with Crippen LogP contribution < -0.4 is 25.8 Å². The Labute approximate surface area is 227 Å². The second kappa shape index (κ2) is 12.1. The van der Waals surface area contributed by atoms with Gasteiger partial charge in [0.15, 0.2) is 0 Å². The van der Waals surface area contributed by atoms with Gasteiger partial charge in [0.05, 0.1) is 38.5 Å². The van der Waals surface area contributed by atoms with Crippen LogP contribution in [0, 0.1) is 0 Å². The maximum Gasteiger partial charge on any atom is 0.323 e. The molecule has 2 atom stereocenters. The maximum atomic E-state index is 13.1. The van der Waals surface area contributed by atoms with Gasteiger partial charge >= 0.3 is 6.03 Å². The molecular formula is C28H33N7O4. The van der Waals surface area contributed by atoms with Crippen molar-refractivity contribution in [2.75, 3.05) is 65.3 Å². The largest absolute Gasteiger partial charge is 0.377 e. The van der Waals surface area contributed by atoms with Gasteiger partial charge in [-0.2, -0.15) is 9.97 Å². The Morgan fingerprint density at radius 3 is 1.85 bits per heavy atom. The molecule has 3 aromatic rings. The number of para-hydroxylation sites is 1. The summed E-state index contributed by atoms with van der Waals surface area (Å²) in [7, 11) is 0. The summed E-state index contributed by atoms with van der Waals surface area (Å²) in [4.78, 5) is 39.1. The SMILES string of the molecule is C[C@H]1COCCN1c1cc(N2CCOC[C@@H]2C)nc(NC(=O)c2ccc(NC(=O)Nc3ccccc3)cc2)n1. The highest BCUT2D eigenvalue weighted by Crippen LogP contribution is 2.26. The number of nitrogens with zero attached hydrogens (tertiary/aromatic N) is 4. The van der Waals surface area contributed by atoms with Crippen molar-refractivity contribution in [3.05, 3.63) is 66.2 Å². The van der Waals surface area contributed by atoms with E-state index in [-0.39, 0.29) is 30.0 Å². The molecule has 0 bridgehead atoms. The molecule has 1 aromatic heterocycles. The predicted molar refractivity (Wildman–Crippen MR) is 151 cm³/mol. The average Bonchev–Trinajstić information content (AvgIpc) is 2.94. The summed E-state index contributed by atoms with van der Waals surface area (Å²) in [5, 5.41) is 8.39. The fourth-order valence-electron chi connectivity index (χ4n) is 4.60. The van der Waals surface area contributed by atoms with Crippen LogP contribution in [0.25, 0.3) is 0 Å². The Kier molecular flexibility index (Phi) is 8.18. The number of urea groups is 1. The Morgan fingerprint density at radius 2 is 1.31 bits per heavy atom. The first-order valence-corrected chi connectivity index (χ1v) is 13.1. The zero-order valence-corrected chi connectivity index (χ0v) is 22.1. The monoisotopic (exact) mass is 531 g/mol. The summed E-state index contributed by atoms with van der Waals surface area (Å²) in [5.74, 6) is 1.38. The Hall–Kier alpha value is -4.22. The number of rotatable bonds is 6. The lowest BCUT2D eigenvalue weighted by Gasteiger charge is -2.37. The molecule has 2 aliphatic heterocycles. The van der Waals surface area contributed by atoms with Crippen LogP contribution in [0.4, 0.5) is 33.8 Å². The van der Waals surface area contributed by atoms with Gasteiger partial charge in [-0.15, -0.1) is 0 Å². The van der Waals surface area contributed by atoms with Crippen LogP contribution >= 0.6 is 0 Å². The third-order valence-corrected chi connectivity index (χ3v) is 6.68. The van der Waals surface area contributed by atoms with E-state index in [1.54, 1.807) is 36.4 Å². The minimum absolute atomic E-state index is 0.145. The standard InChI is InChI=1S/C28H33N7O4/c1-19-17-38-14-12-34(19)24-16-25(35-13-15-39-18-20(35)2)32-27(31-24)33-26(36)21-8-10-23(11-9-21)30-28(37)29-22-6-4-3-5-7-22/h3-11,16,19-20H,12-15,17-18H2,1-2H3,(H2,29,30,37)(H,31,32,33,36)/t19-,20-/m0/s1. The first kappa shape index (κ1) is 26.4. The van der Waals surface area contributed by atoms with Crippen molar-refractivity contribution in [3.8, 4) is 0 Å². The molecule has 39 heavy (non-hydrogen) atoms. The van der Waals surface area contributed by atoms with Gasteiger partial charge in [0.25, 0.3) is 5.91 Å². The molecular weight excluding hydrogens is 498 g/mol. The number of anilines is 5. The third kappa shape index (κ3) is 6.62. The molecule has 0 aliphatic carbocycles. The van der Waals surface area contributed by atoms with Gasteiger partial charge in [-0.3, -0.25) is 10.1 Å². The molecule has 2 aliphatic rings. The number of hydrogen-bond acceptors (Lipinski definition) is 8. The van der Waals surface area contributed by atoms with Crippen molar-refractivity contribution < 1.29 is 19.1 Å². The lowest BCUT2D eigenvalue weighted by atomic mass is 10.2. The van der Waals surface area contributed by atoms with Crippen LogP contribution in [0.1, 0.15) is 24.2 Å². The second-order valence-corrected chi connectivity index (χ2v) is 9.62. The van der Waals surface area contributed by atoms with Crippen LogP contribution in [-0.2, 0) is 9.47 Å². The molecule has 5 rings (SSSR count). The number of carbonyl (C=O) groups excluding carboxylic acids is 2. The highest BCUT2D eigenvalue weighted by Gasteiger charge is 2.26. The summed E-state index contributed by atoms with van der Waals surface area (Å²) in [6, 6.07) is 17.7. The number of nitrogens with one attached hydrogen (secondary N) is 3. The van der Waals surface area contributed by atoms with E-state index in [9.17, 15) is 9.59 Å². The molecule has 0 saturated carbocycles. The van der Waals surface area contributed by atoms with E-state index in [0.717, 1.165) is 11.6 Å². The van der Waals surface area contributed by atoms with E-state index in [1.165, 1.54) is 0 Å². The van der Waals surface area contributed by atoms with E-state index in [1.807, 2.05) is 24.3 Å². The van der Waals surface area contributed by atoms with E-state index < -0.39 is 0 Å². The zero-order valence-electron chi connectivity index (χ0n) is 22.1. The Balaban J connectivity index is 1.30. The smallest absolute Gasteiger partial charge is 0.323 e. The normalized spacial score (nSPS) is 19.3. The molecule has 3 amide bonds. The van der Waals surface area contributed by atoms with Gasteiger partial charge in [0, 0.05) is 36.1 Å². The van der Waals surface area contributed by atoms with Crippen molar-refractivity contribution in [1.29, 1.82) is 0 Å². The van der Waals surface area contributed by atoms with Crippen LogP contribution in [-0.4, -0.2) is 73.5 Å². The lowest BCUT2D eigenvalue weighted by molar-refractivity contribution is 0.0977. The topological polar surface area (TPSA) is 121 Å². The summed E-state index contributed by atoms with van der Waals surface area (Å²) in [6.45, 7) is 8.04. The van der Waals surface area contributed by atoms with Gasteiger partial charge in [-0.05, 0) is 50.2 Å². The molecule has 2 fully saturated rings. The van der Waals surface area contributed by atoms with Crippen molar-refractivity contribution in [1.82, 2.24) is 9.97 Å². The summed E-state index contributed by atoms with van der Waals surface area (Å²) in [5.41, 5.74) is 1.66. The first-order valence-electron chi connectivity index (χ1n) is 13.1. The number of ether oxygens (including phenoxy) is 2. The number of carbonyl (C=O) groups is 2. The van der Waals surface area contributed by atoms with Crippen LogP contribution in [0.5, 0.6) is 0 Å². The van der Waals surface area contributed by atoms with Gasteiger partial charge in [-0.1, -0.05) is 18.2 Å². The Morgan fingerprint density at radius 1 is 0.769 bits per heavy atom. The van der Waals surface area contributed by atoms with Crippen molar-refractivity contribution in [2.45, 2.75) is 25.9 Å². The van der Waals surface area contributed by atoms with Crippen molar-refractivity contribution in [3.63, 3.8) is 0 Å². The van der Waals surface area contributed by atoms with E-state index in [0.29, 0.717) is 56.5 Å². The predicted octanol–water partition coefficient (Wildman–Crippen LogP) is 3.82. The molecule has 3 heterocycles. The molecule has 0 spiro atoms. The summed E-state index contributed by atoms with van der Waals surface area (Å²) in [6.07, 6.45) is 0. The number of hydrogen-bond donors (Lipinski definition) is 3. The fourth-order valence-corrected chi connectivity index (χ4v) is 4.60. The number of amides is 3. The highest BCUT2D eigenvalue weighted by atomic mass is 16.5. The zero-order chi connectivity index (χ0) is 27.2. The first-order chi connectivity index (χ1) is 19.0. The molecule has 204 valence electrons. The fraction of sp³-hybridized carbons (Fsp3) is 0.357. The quantitative estimate of drug-likeness (QED) is 0.439. The van der Waals surface area contributed by atoms with Gasteiger partial charge in [0.2, 0.25) is 5.95 Å². The highest BCUT2D eigenvalue weighted by molar-refractivity contribution is 6.04. The number of benzene rings is 2. The molecule has 11 heteroatoms. The summed E-state index contributed by atoms with van der Waals surface area (Å²) < 4.78 is 11.2. The maximum absolute atomic E-state index is 13.1. The molecule has 0 unspecified atom stereocenters. The molecule has 0 radical (unpaired) electrons. The minimum Gasteiger partial charge on any atom is -0.377 e. The van der Waals surface area contributed by atoms with Crippen molar-refractivity contribution >= 4 is 40.9 Å².